The highest BCUT2D eigenvalue weighted by Gasteiger charge is 2.31. The molecule has 4 rings (SSSR count). The van der Waals surface area contributed by atoms with Crippen LogP contribution in [0.1, 0.15) is 5.56 Å². The van der Waals surface area contributed by atoms with E-state index < -0.39 is 23.9 Å². The minimum absolute atomic E-state index is 0.147. The van der Waals surface area contributed by atoms with Crippen molar-refractivity contribution in [2.24, 2.45) is 0 Å². The largest absolute Gasteiger partial charge is 0.573 e. The van der Waals surface area contributed by atoms with Crippen LogP contribution in [0.2, 0.25) is 0 Å². The molecule has 0 saturated carbocycles. The number of nitrogen functional groups attached to an aromatic ring is 1. The van der Waals surface area contributed by atoms with E-state index in [1.165, 1.54) is 47.3 Å². The van der Waals surface area contributed by atoms with Crippen LogP contribution in [0.4, 0.5) is 55.6 Å². The summed E-state index contributed by atoms with van der Waals surface area (Å²) in [6.07, 6.45) is -6.47. The summed E-state index contributed by atoms with van der Waals surface area (Å²) in [5.41, 5.74) is 5.53. The summed E-state index contributed by atoms with van der Waals surface area (Å²) in [4.78, 5) is 12.2. The van der Waals surface area contributed by atoms with Crippen molar-refractivity contribution in [3.05, 3.63) is 72.6 Å². The van der Waals surface area contributed by atoms with Crippen molar-refractivity contribution in [2.75, 3.05) is 16.4 Å². The standard InChI is InChI=1S/C21H15F6N7O/c22-20(23,24)12-2-1-3-14(10-12)34-9-8-29-19(34)33-17-11-16(31-18(28)32-17)30-13-4-6-15(7-5-13)35-21(25,26)27/h1-11H,(H4,28,29,30,31,32,33). The summed E-state index contributed by atoms with van der Waals surface area (Å²) in [6, 6.07) is 11.0. The Hall–Kier alpha value is -4.49. The molecule has 0 radical (unpaired) electrons. The molecule has 2 aromatic carbocycles. The Morgan fingerprint density at radius 2 is 1.54 bits per heavy atom. The molecular formula is C21H15F6N7O. The number of benzene rings is 2. The van der Waals surface area contributed by atoms with E-state index in [9.17, 15) is 26.3 Å². The average Bonchev–Trinajstić information content (AvgIpc) is 3.21. The van der Waals surface area contributed by atoms with Gasteiger partial charge in [0.05, 0.1) is 5.56 Å². The topological polar surface area (TPSA) is 103 Å². The second kappa shape index (κ2) is 9.04. The van der Waals surface area contributed by atoms with Gasteiger partial charge in [0, 0.05) is 29.8 Å². The van der Waals surface area contributed by atoms with Crippen molar-refractivity contribution in [3.63, 3.8) is 0 Å². The van der Waals surface area contributed by atoms with Gasteiger partial charge in [-0.1, -0.05) is 6.07 Å². The first-order valence-electron chi connectivity index (χ1n) is 9.72. The number of imidazole rings is 1. The van der Waals surface area contributed by atoms with Crippen molar-refractivity contribution < 1.29 is 31.1 Å². The molecular weight excluding hydrogens is 480 g/mol. The van der Waals surface area contributed by atoms with Gasteiger partial charge >= 0.3 is 12.5 Å². The van der Waals surface area contributed by atoms with Crippen LogP contribution in [-0.4, -0.2) is 25.9 Å². The van der Waals surface area contributed by atoms with Crippen LogP contribution in [0.25, 0.3) is 5.69 Å². The van der Waals surface area contributed by atoms with Crippen LogP contribution in [0.3, 0.4) is 0 Å². The van der Waals surface area contributed by atoms with Gasteiger partial charge in [-0.25, -0.2) is 4.98 Å². The van der Waals surface area contributed by atoms with E-state index in [1.807, 2.05) is 0 Å². The number of ether oxygens (including phenoxy) is 1. The number of rotatable bonds is 6. The molecule has 182 valence electrons. The molecule has 0 aliphatic carbocycles. The first kappa shape index (κ1) is 23.7. The monoisotopic (exact) mass is 495 g/mol. The molecule has 14 heteroatoms. The summed E-state index contributed by atoms with van der Waals surface area (Å²) in [7, 11) is 0. The predicted octanol–water partition coefficient (Wildman–Crippen LogP) is 5.65. The van der Waals surface area contributed by atoms with E-state index in [1.54, 1.807) is 0 Å². The van der Waals surface area contributed by atoms with Crippen LogP contribution in [-0.2, 0) is 6.18 Å². The van der Waals surface area contributed by atoms with Gasteiger partial charge in [0.1, 0.15) is 17.4 Å². The van der Waals surface area contributed by atoms with Crippen molar-refractivity contribution in [3.8, 4) is 11.4 Å². The van der Waals surface area contributed by atoms with Crippen molar-refractivity contribution >= 4 is 29.2 Å². The zero-order valence-electron chi connectivity index (χ0n) is 17.4. The Balaban J connectivity index is 1.54. The quantitative estimate of drug-likeness (QED) is 0.297. The molecule has 0 aliphatic rings. The third kappa shape index (κ3) is 6.10. The second-order valence-electron chi connectivity index (χ2n) is 6.99. The number of alkyl halides is 6. The van der Waals surface area contributed by atoms with E-state index in [0.29, 0.717) is 5.69 Å². The van der Waals surface area contributed by atoms with Gasteiger partial charge in [-0.3, -0.25) is 4.57 Å². The number of nitrogens with two attached hydrogens (primary N) is 1. The summed E-state index contributed by atoms with van der Waals surface area (Å²) in [5, 5.41) is 5.73. The second-order valence-corrected chi connectivity index (χ2v) is 6.99. The Labute approximate surface area is 193 Å². The van der Waals surface area contributed by atoms with Crippen molar-refractivity contribution in [1.29, 1.82) is 0 Å². The summed E-state index contributed by atoms with van der Waals surface area (Å²) < 4.78 is 81.4. The summed E-state index contributed by atoms with van der Waals surface area (Å²) in [5.74, 6) is -0.0270. The first-order valence-corrected chi connectivity index (χ1v) is 9.72. The lowest BCUT2D eigenvalue weighted by molar-refractivity contribution is -0.274. The van der Waals surface area contributed by atoms with E-state index in [0.717, 1.165) is 24.3 Å². The maximum atomic E-state index is 13.1. The molecule has 2 aromatic heterocycles. The number of nitrogens with one attached hydrogen (secondary N) is 2. The molecule has 0 unspecified atom stereocenters. The zero-order chi connectivity index (χ0) is 25.2. The third-order valence-electron chi connectivity index (χ3n) is 4.44. The molecule has 0 aliphatic heterocycles. The number of nitrogens with zero attached hydrogens (tertiary/aromatic N) is 4. The molecule has 0 atom stereocenters. The van der Waals surface area contributed by atoms with Crippen LogP contribution in [0.15, 0.2) is 67.0 Å². The molecule has 0 saturated heterocycles. The van der Waals surface area contributed by atoms with Gasteiger partial charge in [0.2, 0.25) is 11.9 Å². The number of hydrogen-bond acceptors (Lipinski definition) is 7. The van der Waals surface area contributed by atoms with Crippen LogP contribution < -0.4 is 21.1 Å². The fourth-order valence-corrected chi connectivity index (χ4v) is 3.03. The lowest BCUT2D eigenvalue weighted by Crippen LogP contribution is -2.17. The normalized spacial score (nSPS) is 11.8. The minimum Gasteiger partial charge on any atom is -0.406 e. The number of halogens is 6. The van der Waals surface area contributed by atoms with E-state index in [-0.39, 0.29) is 29.2 Å². The van der Waals surface area contributed by atoms with Crippen LogP contribution in [0, 0.1) is 0 Å². The zero-order valence-corrected chi connectivity index (χ0v) is 17.4. The molecule has 0 fully saturated rings. The van der Waals surface area contributed by atoms with Gasteiger partial charge in [0.15, 0.2) is 0 Å². The number of anilines is 5. The molecule has 0 amide bonds. The molecule has 4 N–H and O–H groups in total. The highest BCUT2D eigenvalue weighted by atomic mass is 19.4. The van der Waals surface area contributed by atoms with Crippen LogP contribution >= 0.6 is 0 Å². The van der Waals surface area contributed by atoms with Gasteiger partial charge in [-0.2, -0.15) is 23.1 Å². The smallest absolute Gasteiger partial charge is 0.406 e. The van der Waals surface area contributed by atoms with Gasteiger partial charge in [0.25, 0.3) is 0 Å². The molecule has 8 nitrogen and oxygen atoms in total. The Kier molecular flexibility index (Phi) is 6.11. The van der Waals surface area contributed by atoms with Crippen molar-refractivity contribution in [2.45, 2.75) is 12.5 Å². The number of aromatic nitrogens is 4. The SMILES string of the molecule is Nc1nc(Nc2ccc(OC(F)(F)F)cc2)cc(Nc2nccn2-c2cccc(C(F)(F)F)c2)n1. The Bertz CT molecular complexity index is 1320. The number of hydrogen-bond donors (Lipinski definition) is 3. The molecule has 4 aromatic rings. The Morgan fingerprint density at radius 1 is 0.857 bits per heavy atom. The third-order valence-corrected chi connectivity index (χ3v) is 4.44. The van der Waals surface area contributed by atoms with Gasteiger partial charge in [-0.05, 0) is 42.5 Å². The van der Waals surface area contributed by atoms with E-state index in [2.05, 4.69) is 30.3 Å². The minimum atomic E-state index is -4.81. The van der Waals surface area contributed by atoms with Crippen molar-refractivity contribution in [1.82, 2.24) is 19.5 Å². The van der Waals surface area contributed by atoms with E-state index >= 15 is 0 Å². The summed E-state index contributed by atoms with van der Waals surface area (Å²) in [6.45, 7) is 0. The highest BCUT2D eigenvalue weighted by molar-refractivity contribution is 5.63. The Morgan fingerprint density at radius 3 is 2.20 bits per heavy atom. The summed E-state index contributed by atoms with van der Waals surface area (Å²) >= 11 is 0. The van der Waals surface area contributed by atoms with E-state index in [4.69, 9.17) is 5.73 Å². The van der Waals surface area contributed by atoms with Crippen LogP contribution in [0.5, 0.6) is 5.75 Å². The first-order chi connectivity index (χ1) is 16.5. The maximum absolute atomic E-state index is 13.1. The fraction of sp³-hybridized carbons (Fsp3) is 0.0952. The maximum Gasteiger partial charge on any atom is 0.573 e. The van der Waals surface area contributed by atoms with Gasteiger partial charge in [-0.15, -0.1) is 13.2 Å². The fourth-order valence-electron chi connectivity index (χ4n) is 3.03. The molecule has 35 heavy (non-hydrogen) atoms. The molecule has 0 spiro atoms. The molecule has 0 bridgehead atoms. The highest BCUT2D eigenvalue weighted by Crippen LogP contribution is 2.31. The van der Waals surface area contributed by atoms with Gasteiger partial charge < -0.3 is 21.1 Å². The predicted molar refractivity (Wildman–Crippen MR) is 115 cm³/mol. The lowest BCUT2D eigenvalue weighted by Gasteiger charge is -2.13. The lowest BCUT2D eigenvalue weighted by atomic mass is 10.2. The molecule has 2 heterocycles. The average molecular weight is 495 g/mol.